The van der Waals surface area contributed by atoms with Crippen molar-refractivity contribution in [3.8, 4) is 0 Å². The Hall–Kier alpha value is -2.46. The fourth-order valence-corrected chi connectivity index (χ4v) is 13.6. The maximum atomic E-state index is 13.1. The zero-order valence-electron chi connectivity index (χ0n) is 64.8. The number of hydrogen-bond acceptors (Lipinski definition) is 15. The van der Waals surface area contributed by atoms with Gasteiger partial charge in [-0.2, -0.15) is 0 Å². The lowest BCUT2D eigenvalue weighted by Gasteiger charge is -2.21. The molecule has 0 spiro atoms. The van der Waals surface area contributed by atoms with Crippen molar-refractivity contribution in [1.29, 1.82) is 0 Å². The first-order valence-electron chi connectivity index (χ1n) is 41.5. The zero-order valence-corrected chi connectivity index (χ0v) is 66.6. The number of unbranched alkanes of at least 4 members (excludes halogenated alkanes) is 48. The van der Waals surface area contributed by atoms with Crippen LogP contribution >= 0.6 is 15.6 Å². The van der Waals surface area contributed by atoms with Crippen molar-refractivity contribution in [2.24, 2.45) is 5.92 Å². The third kappa shape index (κ3) is 73.8. The Labute approximate surface area is 612 Å². The molecule has 0 radical (unpaired) electrons. The van der Waals surface area contributed by atoms with E-state index in [1.54, 1.807) is 0 Å². The van der Waals surface area contributed by atoms with E-state index >= 15 is 0 Å². The molecule has 17 nitrogen and oxygen atoms in total. The highest BCUT2D eigenvalue weighted by molar-refractivity contribution is 7.47. The third-order valence-corrected chi connectivity index (χ3v) is 20.3. The summed E-state index contributed by atoms with van der Waals surface area (Å²) in [6, 6.07) is 0. The van der Waals surface area contributed by atoms with Crippen LogP contribution in [-0.4, -0.2) is 96.7 Å². The molecule has 0 saturated heterocycles. The summed E-state index contributed by atoms with van der Waals surface area (Å²) in [5.74, 6) is -1.35. The van der Waals surface area contributed by atoms with Crippen LogP contribution in [0, 0.1) is 5.92 Å². The molecule has 0 aromatic carbocycles. The van der Waals surface area contributed by atoms with Crippen molar-refractivity contribution < 1.29 is 80.2 Å². The van der Waals surface area contributed by atoms with Gasteiger partial charge in [0.05, 0.1) is 26.4 Å². The second-order valence-corrected chi connectivity index (χ2v) is 31.9. The molecule has 0 bridgehead atoms. The summed E-state index contributed by atoms with van der Waals surface area (Å²) in [5, 5.41) is 10.6. The molecule has 0 aliphatic rings. The molecule has 0 aliphatic carbocycles. The van der Waals surface area contributed by atoms with Crippen LogP contribution < -0.4 is 0 Å². The van der Waals surface area contributed by atoms with E-state index in [1.807, 2.05) is 0 Å². The van der Waals surface area contributed by atoms with Crippen molar-refractivity contribution in [3.05, 3.63) is 24.3 Å². The molecular weight excluding hydrogens is 1310 g/mol. The summed E-state index contributed by atoms with van der Waals surface area (Å²) in [5.41, 5.74) is 0. The predicted octanol–water partition coefficient (Wildman–Crippen LogP) is 24.0. The van der Waals surface area contributed by atoms with Crippen LogP contribution in [0.3, 0.4) is 0 Å². The second kappa shape index (κ2) is 73.4. The van der Waals surface area contributed by atoms with Crippen LogP contribution in [0.4, 0.5) is 0 Å². The molecule has 0 amide bonds. The van der Waals surface area contributed by atoms with Gasteiger partial charge in [0, 0.05) is 25.7 Å². The van der Waals surface area contributed by atoms with E-state index in [0.717, 1.165) is 109 Å². The maximum Gasteiger partial charge on any atom is 0.472 e. The van der Waals surface area contributed by atoms with E-state index in [2.05, 4.69) is 58.9 Å². The first-order valence-corrected chi connectivity index (χ1v) is 44.4. The Balaban J connectivity index is 5.27. The Bertz CT molecular complexity index is 2000. The van der Waals surface area contributed by atoms with Gasteiger partial charge in [-0.1, -0.05) is 354 Å². The van der Waals surface area contributed by atoms with Crippen LogP contribution in [-0.2, 0) is 65.4 Å². The van der Waals surface area contributed by atoms with E-state index in [4.69, 9.17) is 37.0 Å². The van der Waals surface area contributed by atoms with Gasteiger partial charge >= 0.3 is 39.5 Å². The standard InChI is InChI=1S/C81H154O17P2/c1-6-9-12-15-18-21-24-26-28-29-30-31-33-37-42-47-52-57-62-67-81(86)98-77(71-92-79(84)65-60-55-50-45-40-38-34-35-39-43-48-53-58-63-74(4)5)73-96-100(89,90)94-69-75(82)68-93-99(87,88)95-72-76(70-91-78(83)64-59-54-49-44-23-20-17-14-11-8-3)97-80(85)66-61-56-51-46-41-36-32-27-25-22-19-16-13-10-7-2/h22,25,27,32,74-77,82H,6-21,23-24,26,28-31,33-73H2,1-5H3,(H,87,88)(H,89,90)/b25-22-,32-27-/t75-,76+,77+/m0/s1. The number of allylic oxidation sites excluding steroid dienone is 4. The predicted molar refractivity (Wildman–Crippen MR) is 409 cm³/mol. The minimum Gasteiger partial charge on any atom is -0.462 e. The van der Waals surface area contributed by atoms with Crippen molar-refractivity contribution in [3.63, 3.8) is 0 Å². The number of carbonyl (C=O) groups is 4. The summed E-state index contributed by atoms with van der Waals surface area (Å²) >= 11 is 0. The molecule has 0 rings (SSSR count). The molecule has 0 aliphatic heterocycles. The van der Waals surface area contributed by atoms with Gasteiger partial charge in [0.2, 0.25) is 0 Å². The van der Waals surface area contributed by atoms with Gasteiger partial charge in [-0.25, -0.2) is 9.13 Å². The first-order chi connectivity index (χ1) is 48.5. The van der Waals surface area contributed by atoms with Crippen molar-refractivity contribution in [2.45, 2.75) is 425 Å². The minimum atomic E-state index is -4.97. The fraction of sp³-hybridized carbons (Fsp3) is 0.901. The van der Waals surface area contributed by atoms with Crippen molar-refractivity contribution in [2.75, 3.05) is 39.6 Å². The topological polar surface area (TPSA) is 237 Å². The lowest BCUT2D eigenvalue weighted by atomic mass is 10.0. The summed E-state index contributed by atoms with van der Waals surface area (Å²) in [6.45, 7) is 7.27. The van der Waals surface area contributed by atoms with Gasteiger partial charge < -0.3 is 33.8 Å². The molecule has 0 aromatic heterocycles. The molecule has 0 fully saturated rings. The number of rotatable bonds is 79. The van der Waals surface area contributed by atoms with Crippen molar-refractivity contribution >= 4 is 39.5 Å². The number of aliphatic hydroxyl groups is 1. The van der Waals surface area contributed by atoms with Gasteiger partial charge in [-0.15, -0.1) is 0 Å². The number of esters is 4. The van der Waals surface area contributed by atoms with Crippen molar-refractivity contribution in [1.82, 2.24) is 0 Å². The van der Waals surface area contributed by atoms with Gasteiger partial charge in [-0.05, 0) is 57.3 Å². The highest BCUT2D eigenvalue weighted by atomic mass is 31.2. The molecule has 0 saturated carbocycles. The Morgan fingerprint density at radius 2 is 0.540 bits per heavy atom. The molecule has 3 N–H and O–H groups in total. The normalized spacial score (nSPS) is 14.0. The molecular formula is C81H154O17P2. The summed E-state index contributed by atoms with van der Waals surface area (Å²) in [7, 11) is -9.93. The number of hydrogen-bond donors (Lipinski definition) is 3. The quantitative estimate of drug-likeness (QED) is 0.0169. The average molecular weight is 1460 g/mol. The Kier molecular flexibility index (Phi) is 71.6. The number of ether oxygens (including phenoxy) is 4. The molecule has 100 heavy (non-hydrogen) atoms. The molecule has 590 valence electrons. The zero-order chi connectivity index (χ0) is 73.4. The maximum absolute atomic E-state index is 13.1. The van der Waals surface area contributed by atoms with E-state index in [-0.39, 0.29) is 25.7 Å². The Morgan fingerprint density at radius 1 is 0.310 bits per heavy atom. The number of aliphatic hydroxyl groups excluding tert-OH is 1. The number of carbonyl (C=O) groups excluding carboxylic acids is 4. The van der Waals surface area contributed by atoms with Gasteiger partial charge in [-0.3, -0.25) is 37.3 Å². The minimum absolute atomic E-state index is 0.0855. The molecule has 0 heterocycles. The average Bonchev–Trinajstić information content (AvgIpc) is 0.947. The molecule has 19 heteroatoms. The Morgan fingerprint density at radius 3 is 0.820 bits per heavy atom. The third-order valence-electron chi connectivity index (χ3n) is 18.4. The molecule has 2 unspecified atom stereocenters. The molecule has 5 atom stereocenters. The highest BCUT2D eigenvalue weighted by Crippen LogP contribution is 2.45. The fourth-order valence-electron chi connectivity index (χ4n) is 12.0. The molecule has 0 aromatic rings. The number of phosphoric ester groups is 2. The van der Waals surface area contributed by atoms with E-state index < -0.39 is 97.5 Å². The van der Waals surface area contributed by atoms with Gasteiger partial charge in [0.25, 0.3) is 0 Å². The smallest absolute Gasteiger partial charge is 0.462 e. The largest absolute Gasteiger partial charge is 0.472 e. The van der Waals surface area contributed by atoms with E-state index in [0.29, 0.717) is 25.7 Å². The highest BCUT2D eigenvalue weighted by Gasteiger charge is 2.30. The SMILES string of the molecule is CCCCCC/C=C\C=C/CCCCCCCC(=O)O[C@H](COC(=O)CCCCCCCCCCCC)COP(=O)(O)OC[C@H](O)COP(=O)(O)OC[C@@H](COC(=O)CCCCCCCCCCCCCCCC(C)C)OC(=O)CCCCCCCCCCCCCCCCCCCCC. The summed E-state index contributed by atoms with van der Waals surface area (Å²) in [4.78, 5) is 73.0. The van der Waals surface area contributed by atoms with Crippen LogP contribution in [0.5, 0.6) is 0 Å². The van der Waals surface area contributed by atoms with E-state index in [1.165, 1.54) is 218 Å². The lowest BCUT2D eigenvalue weighted by molar-refractivity contribution is -0.161. The van der Waals surface area contributed by atoms with Crippen LogP contribution in [0.1, 0.15) is 407 Å². The summed E-state index contributed by atoms with van der Waals surface area (Å²) in [6.07, 6.45) is 67.3. The van der Waals surface area contributed by atoms with E-state index in [9.17, 15) is 43.2 Å². The second-order valence-electron chi connectivity index (χ2n) is 29.0. The van der Waals surface area contributed by atoms with Crippen LogP contribution in [0.2, 0.25) is 0 Å². The summed E-state index contributed by atoms with van der Waals surface area (Å²) < 4.78 is 68.7. The van der Waals surface area contributed by atoms with Crippen LogP contribution in [0.25, 0.3) is 0 Å². The first kappa shape index (κ1) is 97.5. The monoisotopic (exact) mass is 1460 g/mol. The lowest BCUT2D eigenvalue weighted by Crippen LogP contribution is -2.30. The van der Waals surface area contributed by atoms with Gasteiger partial charge in [0.1, 0.15) is 19.3 Å². The van der Waals surface area contributed by atoms with Gasteiger partial charge in [0.15, 0.2) is 12.2 Å². The number of phosphoric acid groups is 2. The van der Waals surface area contributed by atoms with Crippen LogP contribution in [0.15, 0.2) is 24.3 Å².